The Bertz CT molecular complexity index is 556. The van der Waals surface area contributed by atoms with Crippen LogP contribution in [0.3, 0.4) is 0 Å². The van der Waals surface area contributed by atoms with E-state index in [1.54, 1.807) is 16.0 Å². The predicted molar refractivity (Wildman–Crippen MR) is 69.5 cm³/mol. The molecule has 2 aromatic rings. The molecule has 0 aliphatic heterocycles. The Morgan fingerprint density at radius 3 is 3.06 bits per heavy atom. The van der Waals surface area contributed by atoms with E-state index in [0.717, 1.165) is 17.0 Å². The van der Waals surface area contributed by atoms with Crippen molar-refractivity contribution < 1.29 is 9.53 Å². The molecule has 0 unspecified atom stereocenters. The number of ether oxygens (including phenoxy) is 1. The molecule has 2 aromatic heterocycles. The zero-order valence-electron chi connectivity index (χ0n) is 10.1. The van der Waals surface area contributed by atoms with Gasteiger partial charge in [0.05, 0.1) is 12.8 Å². The van der Waals surface area contributed by atoms with Gasteiger partial charge >= 0.3 is 5.97 Å². The van der Waals surface area contributed by atoms with Crippen LogP contribution in [0.15, 0.2) is 22.9 Å². The molecule has 94 valence electrons. The lowest BCUT2D eigenvalue weighted by atomic mass is 10.2. The number of carbonyl (C=O) groups is 1. The molecule has 0 spiro atoms. The fourth-order valence-electron chi connectivity index (χ4n) is 2.00. The smallest absolute Gasteiger partial charge is 0.327 e. The van der Waals surface area contributed by atoms with Gasteiger partial charge in [0.15, 0.2) is 0 Å². The van der Waals surface area contributed by atoms with Crippen LogP contribution in [0.5, 0.6) is 0 Å². The van der Waals surface area contributed by atoms with E-state index in [4.69, 9.17) is 4.74 Å². The molecule has 5 heteroatoms. The van der Waals surface area contributed by atoms with Gasteiger partial charge in [0.1, 0.15) is 6.54 Å². The lowest BCUT2D eigenvalue weighted by Gasteiger charge is -2.04. The van der Waals surface area contributed by atoms with Crippen molar-refractivity contribution in [1.82, 2.24) is 9.78 Å². The van der Waals surface area contributed by atoms with Crippen LogP contribution in [0.25, 0.3) is 11.3 Å². The molecule has 4 nitrogen and oxygen atoms in total. The molecule has 0 radical (unpaired) electrons. The Hall–Kier alpha value is -1.62. The molecule has 0 bridgehead atoms. The van der Waals surface area contributed by atoms with Crippen molar-refractivity contribution in [2.45, 2.75) is 25.3 Å². The van der Waals surface area contributed by atoms with E-state index in [0.29, 0.717) is 5.92 Å². The van der Waals surface area contributed by atoms with E-state index < -0.39 is 0 Å². The van der Waals surface area contributed by atoms with Crippen LogP contribution in [0, 0.1) is 0 Å². The molecule has 0 aromatic carbocycles. The first-order chi connectivity index (χ1) is 8.78. The first-order valence-corrected chi connectivity index (χ1v) is 6.89. The molecular weight excluding hydrogens is 248 g/mol. The van der Waals surface area contributed by atoms with E-state index in [-0.39, 0.29) is 12.5 Å². The van der Waals surface area contributed by atoms with Crippen LogP contribution >= 0.6 is 11.3 Å². The summed E-state index contributed by atoms with van der Waals surface area (Å²) >= 11 is 1.65. The lowest BCUT2D eigenvalue weighted by Crippen LogP contribution is -2.14. The van der Waals surface area contributed by atoms with Crippen molar-refractivity contribution in [1.29, 1.82) is 0 Å². The van der Waals surface area contributed by atoms with E-state index in [9.17, 15) is 4.79 Å². The second-order valence-electron chi connectivity index (χ2n) is 4.47. The largest absolute Gasteiger partial charge is 0.468 e. The van der Waals surface area contributed by atoms with Crippen molar-refractivity contribution in [2.24, 2.45) is 0 Å². The quantitative estimate of drug-likeness (QED) is 0.796. The normalized spacial score (nSPS) is 14.7. The van der Waals surface area contributed by atoms with Gasteiger partial charge in [-0.3, -0.25) is 9.48 Å². The van der Waals surface area contributed by atoms with Crippen molar-refractivity contribution >= 4 is 17.3 Å². The highest BCUT2D eigenvalue weighted by atomic mass is 32.1. The Labute approximate surface area is 109 Å². The molecule has 18 heavy (non-hydrogen) atoms. The fourth-order valence-corrected chi connectivity index (χ4v) is 2.65. The summed E-state index contributed by atoms with van der Waals surface area (Å²) in [5.41, 5.74) is 3.22. The second-order valence-corrected chi connectivity index (χ2v) is 5.25. The first kappa shape index (κ1) is 11.5. The van der Waals surface area contributed by atoms with Crippen molar-refractivity contribution in [3.63, 3.8) is 0 Å². The summed E-state index contributed by atoms with van der Waals surface area (Å²) in [6.07, 6.45) is 2.38. The van der Waals surface area contributed by atoms with Crippen molar-refractivity contribution in [3.05, 3.63) is 28.6 Å². The van der Waals surface area contributed by atoms with Gasteiger partial charge in [-0.1, -0.05) is 0 Å². The second kappa shape index (κ2) is 4.57. The zero-order chi connectivity index (χ0) is 12.5. The van der Waals surface area contributed by atoms with Gasteiger partial charge in [0.2, 0.25) is 0 Å². The number of esters is 1. The maximum Gasteiger partial charge on any atom is 0.327 e. The summed E-state index contributed by atoms with van der Waals surface area (Å²) in [5.74, 6) is 0.311. The minimum absolute atomic E-state index is 0.201. The van der Waals surface area contributed by atoms with E-state index in [2.05, 4.69) is 16.5 Å². The van der Waals surface area contributed by atoms with Crippen molar-refractivity contribution in [3.8, 4) is 11.3 Å². The summed E-state index contributed by atoms with van der Waals surface area (Å²) < 4.78 is 6.50. The molecule has 3 rings (SSSR count). The molecule has 0 N–H and O–H groups in total. The average molecular weight is 262 g/mol. The topological polar surface area (TPSA) is 44.1 Å². The SMILES string of the molecule is COC(=O)Cn1nc(-c2ccsc2)cc1C1CC1. The van der Waals surface area contributed by atoms with Gasteiger partial charge in [0.25, 0.3) is 0 Å². The summed E-state index contributed by atoms with van der Waals surface area (Å²) in [6, 6.07) is 4.15. The number of aromatic nitrogens is 2. The standard InChI is InChI=1S/C13H14N2O2S/c1-17-13(16)7-15-12(9-2-3-9)6-11(14-15)10-4-5-18-8-10/h4-6,8-9H,2-3,7H2,1H3. The monoisotopic (exact) mass is 262 g/mol. The van der Waals surface area contributed by atoms with Crippen molar-refractivity contribution in [2.75, 3.05) is 7.11 Å². The van der Waals surface area contributed by atoms with Gasteiger partial charge in [-0.2, -0.15) is 16.4 Å². The van der Waals surface area contributed by atoms with Gasteiger partial charge in [-0.25, -0.2) is 0 Å². The fraction of sp³-hybridized carbons (Fsp3) is 0.385. The Morgan fingerprint density at radius 2 is 2.44 bits per heavy atom. The Kier molecular flexibility index (Phi) is 2.91. The molecule has 0 atom stereocenters. The molecule has 0 amide bonds. The number of nitrogens with zero attached hydrogens (tertiary/aromatic N) is 2. The minimum atomic E-state index is -0.253. The Balaban J connectivity index is 1.93. The molecule has 2 heterocycles. The summed E-state index contributed by atoms with van der Waals surface area (Å²) in [6.45, 7) is 0.201. The van der Waals surface area contributed by atoms with Gasteiger partial charge in [0, 0.05) is 22.6 Å². The number of carbonyl (C=O) groups excluding carboxylic acids is 1. The minimum Gasteiger partial charge on any atom is -0.468 e. The Morgan fingerprint density at radius 1 is 1.61 bits per heavy atom. The van der Waals surface area contributed by atoms with E-state index in [1.807, 2.05) is 11.4 Å². The van der Waals surface area contributed by atoms with Crippen LogP contribution in [0.2, 0.25) is 0 Å². The number of hydrogen-bond donors (Lipinski definition) is 0. The maximum atomic E-state index is 11.4. The molecule has 1 aliphatic carbocycles. The molecule has 1 fully saturated rings. The maximum absolute atomic E-state index is 11.4. The summed E-state index contributed by atoms with van der Waals surface area (Å²) in [4.78, 5) is 11.4. The van der Waals surface area contributed by atoms with Crippen LogP contribution < -0.4 is 0 Å². The van der Waals surface area contributed by atoms with E-state index >= 15 is 0 Å². The lowest BCUT2D eigenvalue weighted by molar-refractivity contribution is -0.141. The first-order valence-electron chi connectivity index (χ1n) is 5.95. The van der Waals surface area contributed by atoms with Crippen LogP contribution in [0.1, 0.15) is 24.5 Å². The van der Waals surface area contributed by atoms with E-state index in [1.165, 1.54) is 20.0 Å². The predicted octanol–water partition coefficient (Wildman–Crippen LogP) is 2.66. The van der Waals surface area contributed by atoms with Gasteiger partial charge < -0.3 is 4.74 Å². The number of methoxy groups -OCH3 is 1. The van der Waals surface area contributed by atoms with Gasteiger partial charge in [-0.15, -0.1) is 0 Å². The highest BCUT2D eigenvalue weighted by Gasteiger charge is 2.29. The summed E-state index contributed by atoms with van der Waals surface area (Å²) in [5, 5.41) is 8.63. The average Bonchev–Trinajstić information content (AvgIpc) is 2.92. The molecule has 1 saturated carbocycles. The van der Waals surface area contributed by atoms with Crippen LogP contribution in [0.4, 0.5) is 0 Å². The number of thiophene rings is 1. The highest BCUT2D eigenvalue weighted by molar-refractivity contribution is 7.08. The third kappa shape index (κ3) is 2.18. The molecular formula is C13H14N2O2S. The highest BCUT2D eigenvalue weighted by Crippen LogP contribution is 2.41. The van der Waals surface area contributed by atoms with Crippen LogP contribution in [-0.4, -0.2) is 22.9 Å². The number of hydrogen-bond acceptors (Lipinski definition) is 4. The van der Waals surface area contributed by atoms with Crippen LogP contribution in [-0.2, 0) is 16.1 Å². The molecule has 1 aliphatic rings. The third-order valence-electron chi connectivity index (χ3n) is 3.13. The molecule has 0 saturated heterocycles. The third-order valence-corrected chi connectivity index (χ3v) is 3.81. The summed E-state index contributed by atoms with van der Waals surface area (Å²) in [7, 11) is 1.41. The number of rotatable bonds is 4. The zero-order valence-corrected chi connectivity index (χ0v) is 10.9. The van der Waals surface area contributed by atoms with Gasteiger partial charge in [-0.05, 0) is 30.4 Å².